The summed E-state index contributed by atoms with van der Waals surface area (Å²) in [5.74, 6) is -0.861. The zero-order valence-corrected chi connectivity index (χ0v) is 16.0. The van der Waals surface area contributed by atoms with Crippen LogP contribution in [0.25, 0.3) is 11.3 Å². The standard InChI is InChI=1S/C18H23FN4O3S/c1-13-11-14(5-6-15(13)19)16-12-17(22-21-16)18(24)20-7-10-27(25,26)23-8-3-2-4-9-23/h5-6,11-12H,2-4,7-10H2,1H3,(H,20,24)(H,21,22). The minimum atomic E-state index is -3.35. The summed E-state index contributed by atoms with van der Waals surface area (Å²) in [6.45, 7) is 2.79. The Hall–Kier alpha value is -2.26. The van der Waals surface area contributed by atoms with E-state index in [9.17, 15) is 17.6 Å². The molecule has 7 nitrogen and oxygen atoms in total. The van der Waals surface area contributed by atoms with Crippen LogP contribution in [0.1, 0.15) is 35.3 Å². The van der Waals surface area contributed by atoms with Crippen LogP contribution in [-0.4, -0.2) is 54.2 Å². The molecule has 9 heteroatoms. The van der Waals surface area contributed by atoms with Crippen molar-refractivity contribution in [3.05, 3.63) is 41.3 Å². The number of hydrogen-bond acceptors (Lipinski definition) is 4. The number of carbonyl (C=O) groups excluding carboxylic acids is 1. The largest absolute Gasteiger partial charge is 0.350 e. The topological polar surface area (TPSA) is 95.2 Å². The molecule has 0 spiro atoms. The molecule has 3 rings (SSSR count). The molecular formula is C18H23FN4O3S. The van der Waals surface area contributed by atoms with E-state index in [4.69, 9.17) is 0 Å². The third-order valence-electron chi connectivity index (χ3n) is 4.63. The second-order valence-corrected chi connectivity index (χ2v) is 8.75. The lowest BCUT2D eigenvalue weighted by Crippen LogP contribution is -2.40. The SMILES string of the molecule is Cc1cc(-c2cc(C(=O)NCCS(=O)(=O)N3CCCCC3)[nH]n2)ccc1F. The van der Waals surface area contributed by atoms with Gasteiger partial charge in [0.15, 0.2) is 0 Å². The van der Waals surface area contributed by atoms with Crippen molar-refractivity contribution < 1.29 is 17.6 Å². The lowest BCUT2D eigenvalue weighted by atomic mass is 10.1. The highest BCUT2D eigenvalue weighted by molar-refractivity contribution is 7.89. The number of hydrogen-bond donors (Lipinski definition) is 2. The number of piperidine rings is 1. The maximum atomic E-state index is 13.4. The molecule has 2 N–H and O–H groups in total. The average Bonchev–Trinajstić information content (AvgIpc) is 3.15. The molecule has 1 aromatic carbocycles. The van der Waals surface area contributed by atoms with E-state index in [1.807, 2.05) is 0 Å². The summed E-state index contributed by atoms with van der Waals surface area (Å²) in [5, 5.41) is 9.31. The zero-order chi connectivity index (χ0) is 19.4. The number of aryl methyl sites for hydroxylation is 1. The van der Waals surface area contributed by atoms with E-state index < -0.39 is 15.9 Å². The van der Waals surface area contributed by atoms with Crippen molar-refractivity contribution in [3.8, 4) is 11.3 Å². The average molecular weight is 394 g/mol. The van der Waals surface area contributed by atoms with Gasteiger partial charge in [0.05, 0.1) is 11.4 Å². The Kier molecular flexibility index (Phi) is 5.91. The summed E-state index contributed by atoms with van der Waals surface area (Å²) in [6, 6.07) is 6.15. The Morgan fingerprint density at radius 3 is 2.70 bits per heavy atom. The van der Waals surface area contributed by atoms with Crippen molar-refractivity contribution in [2.45, 2.75) is 26.2 Å². The minimum absolute atomic E-state index is 0.0294. The number of benzene rings is 1. The molecule has 2 heterocycles. The Morgan fingerprint density at radius 2 is 2.00 bits per heavy atom. The molecule has 1 aliphatic heterocycles. The molecule has 146 valence electrons. The van der Waals surface area contributed by atoms with Crippen LogP contribution in [0.3, 0.4) is 0 Å². The molecule has 1 saturated heterocycles. The van der Waals surface area contributed by atoms with Gasteiger partial charge < -0.3 is 5.32 Å². The molecule has 1 amide bonds. The lowest BCUT2D eigenvalue weighted by Gasteiger charge is -2.25. The molecule has 0 atom stereocenters. The monoisotopic (exact) mass is 394 g/mol. The normalized spacial score (nSPS) is 15.6. The van der Waals surface area contributed by atoms with Crippen molar-refractivity contribution in [3.63, 3.8) is 0 Å². The molecular weight excluding hydrogens is 371 g/mol. The number of sulfonamides is 1. The van der Waals surface area contributed by atoms with Crippen LogP contribution >= 0.6 is 0 Å². The van der Waals surface area contributed by atoms with Gasteiger partial charge >= 0.3 is 0 Å². The summed E-state index contributed by atoms with van der Waals surface area (Å²) in [7, 11) is -3.35. The Bertz CT molecular complexity index is 920. The van der Waals surface area contributed by atoms with Gasteiger partial charge in [-0.15, -0.1) is 0 Å². The van der Waals surface area contributed by atoms with E-state index >= 15 is 0 Å². The second kappa shape index (κ2) is 8.18. The van der Waals surface area contributed by atoms with Gasteiger partial charge in [-0.25, -0.2) is 17.1 Å². The molecule has 27 heavy (non-hydrogen) atoms. The predicted octanol–water partition coefficient (Wildman–Crippen LogP) is 2.07. The van der Waals surface area contributed by atoms with Gasteiger partial charge in [0, 0.05) is 25.2 Å². The smallest absolute Gasteiger partial charge is 0.269 e. The van der Waals surface area contributed by atoms with Gasteiger partial charge in [-0.05, 0) is 49.6 Å². The molecule has 1 aliphatic rings. The minimum Gasteiger partial charge on any atom is -0.350 e. The molecule has 1 aromatic heterocycles. The van der Waals surface area contributed by atoms with Crippen molar-refractivity contribution in [1.29, 1.82) is 0 Å². The fourth-order valence-electron chi connectivity index (χ4n) is 3.05. The van der Waals surface area contributed by atoms with Gasteiger partial charge in [-0.1, -0.05) is 6.42 Å². The van der Waals surface area contributed by atoms with Crippen LogP contribution in [-0.2, 0) is 10.0 Å². The first kappa shape index (κ1) is 19.5. The van der Waals surface area contributed by atoms with E-state index in [0.717, 1.165) is 19.3 Å². The first-order valence-corrected chi connectivity index (χ1v) is 10.6. The number of nitrogens with zero attached hydrogens (tertiary/aromatic N) is 2. The number of amides is 1. The van der Waals surface area contributed by atoms with E-state index in [1.54, 1.807) is 25.1 Å². The first-order chi connectivity index (χ1) is 12.9. The number of carbonyl (C=O) groups is 1. The summed E-state index contributed by atoms with van der Waals surface area (Å²) >= 11 is 0. The molecule has 0 bridgehead atoms. The quantitative estimate of drug-likeness (QED) is 0.784. The molecule has 0 saturated carbocycles. The highest BCUT2D eigenvalue weighted by atomic mass is 32.2. The molecule has 0 aliphatic carbocycles. The van der Waals surface area contributed by atoms with E-state index in [-0.39, 0.29) is 23.8 Å². The summed E-state index contributed by atoms with van der Waals surface area (Å²) in [4.78, 5) is 12.2. The summed E-state index contributed by atoms with van der Waals surface area (Å²) in [6.07, 6.45) is 2.81. The number of aromatic nitrogens is 2. The molecule has 0 radical (unpaired) electrons. The van der Waals surface area contributed by atoms with Gasteiger partial charge in [0.25, 0.3) is 5.91 Å². The van der Waals surface area contributed by atoms with Crippen LogP contribution in [0.2, 0.25) is 0 Å². The van der Waals surface area contributed by atoms with Gasteiger partial charge in [0.1, 0.15) is 11.5 Å². The van der Waals surface area contributed by atoms with Crippen molar-refractivity contribution in [2.75, 3.05) is 25.4 Å². The second-order valence-electron chi connectivity index (χ2n) is 6.66. The first-order valence-electron chi connectivity index (χ1n) is 8.95. The predicted molar refractivity (Wildman–Crippen MR) is 100 cm³/mol. The number of aromatic amines is 1. The van der Waals surface area contributed by atoms with E-state index in [0.29, 0.717) is 29.9 Å². The van der Waals surface area contributed by atoms with Crippen molar-refractivity contribution in [1.82, 2.24) is 19.8 Å². The fraction of sp³-hybridized carbons (Fsp3) is 0.444. The Labute approximate surface area is 158 Å². The maximum Gasteiger partial charge on any atom is 0.269 e. The zero-order valence-electron chi connectivity index (χ0n) is 15.2. The highest BCUT2D eigenvalue weighted by Crippen LogP contribution is 2.20. The number of nitrogens with one attached hydrogen (secondary N) is 2. The van der Waals surface area contributed by atoms with Crippen LogP contribution < -0.4 is 5.32 Å². The van der Waals surface area contributed by atoms with Gasteiger partial charge in [0.2, 0.25) is 10.0 Å². The number of H-pyrrole nitrogens is 1. The van der Waals surface area contributed by atoms with Gasteiger partial charge in [-0.2, -0.15) is 5.10 Å². The lowest BCUT2D eigenvalue weighted by molar-refractivity contribution is 0.0951. The molecule has 2 aromatic rings. The molecule has 1 fully saturated rings. The van der Waals surface area contributed by atoms with Crippen LogP contribution in [0.15, 0.2) is 24.3 Å². The van der Waals surface area contributed by atoms with Crippen LogP contribution in [0.5, 0.6) is 0 Å². The van der Waals surface area contributed by atoms with Gasteiger partial charge in [-0.3, -0.25) is 9.89 Å². The van der Waals surface area contributed by atoms with E-state index in [1.165, 1.54) is 10.4 Å². The highest BCUT2D eigenvalue weighted by Gasteiger charge is 2.23. The number of halogens is 1. The Balaban J connectivity index is 1.57. The van der Waals surface area contributed by atoms with Crippen LogP contribution in [0, 0.1) is 12.7 Å². The Morgan fingerprint density at radius 1 is 1.26 bits per heavy atom. The fourth-order valence-corrected chi connectivity index (χ4v) is 4.48. The number of rotatable bonds is 6. The summed E-state index contributed by atoms with van der Waals surface area (Å²) in [5.41, 5.74) is 1.92. The maximum absolute atomic E-state index is 13.4. The summed E-state index contributed by atoms with van der Waals surface area (Å²) < 4.78 is 39.4. The molecule has 0 unspecified atom stereocenters. The van der Waals surface area contributed by atoms with Crippen molar-refractivity contribution in [2.24, 2.45) is 0 Å². The van der Waals surface area contributed by atoms with Crippen LogP contribution in [0.4, 0.5) is 4.39 Å². The third kappa shape index (κ3) is 4.72. The van der Waals surface area contributed by atoms with Crippen molar-refractivity contribution >= 4 is 15.9 Å². The third-order valence-corrected chi connectivity index (χ3v) is 6.50. The van der Waals surface area contributed by atoms with E-state index in [2.05, 4.69) is 15.5 Å².